The van der Waals surface area contributed by atoms with Gasteiger partial charge in [0.25, 0.3) is 11.8 Å². The molecule has 1 aromatic heterocycles. The Morgan fingerprint density at radius 1 is 1.08 bits per heavy atom. The number of imide groups is 1. The van der Waals surface area contributed by atoms with Crippen molar-refractivity contribution in [3.8, 4) is 0 Å². The van der Waals surface area contributed by atoms with E-state index in [4.69, 9.17) is 0 Å². The van der Waals surface area contributed by atoms with Gasteiger partial charge in [-0.25, -0.2) is 0 Å². The number of pyridine rings is 1. The number of aromatic nitrogens is 1. The zero-order chi connectivity index (χ0) is 18.3. The lowest BCUT2D eigenvalue weighted by Gasteiger charge is -2.22. The van der Waals surface area contributed by atoms with Crippen LogP contribution in [0.4, 0.5) is 5.69 Å². The number of hydrogen-bond donors (Lipinski definition) is 1. The van der Waals surface area contributed by atoms with Crippen molar-refractivity contribution < 1.29 is 14.4 Å². The number of benzene rings is 1. The van der Waals surface area contributed by atoms with Gasteiger partial charge in [-0.15, -0.1) is 0 Å². The molecule has 128 valence electrons. The van der Waals surface area contributed by atoms with Gasteiger partial charge in [-0.3, -0.25) is 24.3 Å². The Labute approximate surface area is 145 Å². The third-order valence-electron chi connectivity index (χ3n) is 4.37. The number of aryl methyl sites for hydroxylation is 3. The van der Waals surface area contributed by atoms with E-state index in [0.29, 0.717) is 22.5 Å². The molecule has 3 rings (SSSR count). The van der Waals surface area contributed by atoms with Gasteiger partial charge < -0.3 is 5.32 Å². The lowest BCUT2D eigenvalue weighted by molar-refractivity contribution is -0.119. The predicted octanol–water partition coefficient (Wildman–Crippen LogP) is 2.63. The lowest BCUT2D eigenvalue weighted by atomic mass is 10.1. The third-order valence-corrected chi connectivity index (χ3v) is 4.37. The van der Waals surface area contributed by atoms with Crippen LogP contribution in [0.5, 0.6) is 0 Å². The normalized spacial score (nSPS) is 14.5. The molecular weight excluding hydrogens is 318 g/mol. The first-order valence-corrected chi connectivity index (χ1v) is 8.04. The number of nitrogens with one attached hydrogen (secondary N) is 1. The standard InChI is InChI=1S/C19H19N3O3/c1-10-9-11(2)20-12(3)16(10)21-17(23)13(4)22-18(24)14-7-5-6-8-15(14)19(22)25/h5-9,13H,1-4H3,(H,21,23). The molecule has 1 aliphatic heterocycles. The van der Waals surface area contributed by atoms with Gasteiger partial charge >= 0.3 is 0 Å². The van der Waals surface area contributed by atoms with Crippen LogP contribution in [0.25, 0.3) is 0 Å². The maximum atomic E-state index is 12.6. The van der Waals surface area contributed by atoms with E-state index in [0.717, 1.165) is 16.2 Å². The summed E-state index contributed by atoms with van der Waals surface area (Å²) in [5.41, 5.74) is 3.71. The van der Waals surface area contributed by atoms with E-state index in [2.05, 4.69) is 10.3 Å². The Kier molecular flexibility index (Phi) is 4.12. The summed E-state index contributed by atoms with van der Waals surface area (Å²) in [6.07, 6.45) is 0. The number of carbonyl (C=O) groups excluding carboxylic acids is 3. The molecule has 1 aliphatic rings. The first kappa shape index (κ1) is 16.8. The highest BCUT2D eigenvalue weighted by Gasteiger charge is 2.40. The van der Waals surface area contributed by atoms with E-state index in [9.17, 15) is 14.4 Å². The summed E-state index contributed by atoms with van der Waals surface area (Å²) in [4.78, 5) is 43.0. The average molecular weight is 337 g/mol. The van der Waals surface area contributed by atoms with Crippen LogP contribution < -0.4 is 5.32 Å². The minimum Gasteiger partial charge on any atom is -0.322 e. The van der Waals surface area contributed by atoms with Gasteiger partial charge in [0.2, 0.25) is 5.91 Å². The highest BCUT2D eigenvalue weighted by Crippen LogP contribution is 2.26. The van der Waals surface area contributed by atoms with Gasteiger partial charge in [-0.1, -0.05) is 12.1 Å². The lowest BCUT2D eigenvalue weighted by Crippen LogP contribution is -2.45. The molecule has 0 bridgehead atoms. The van der Waals surface area contributed by atoms with E-state index < -0.39 is 23.8 Å². The second kappa shape index (κ2) is 6.12. The van der Waals surface area contributed by atoms with E-state index in [1.807, 2.05) is 26.8 Å². The summed E-state index contributed by atoms with van der Waals surface area (Å²) >= 11 is 0. The minimum absolute atomic E-state index is 0.330. The topological polar surface area (TPSA) is 79.4 Å². The fraction of sp³-hybridized carbons (Fsp3) is 0.263. The van der Waals surface area contributed by atoms with Crippen LogP contribution >= 0.6 is 0 Å². The largest absolute Gasteiger partial charge is 0.322 e. The van der Waals surface area contributed by atoms with Crippen LogP contribution in [0, 0.1) is 20.8 Å². The molecule has 1 aromatic carbocycles. The molecule has 0 aliphatic carbocycles. The zero-order valence-electron chi connectivity index (χ0n) is 14.6. The van der Waals surface area contributed by atoms with Crippen molar-refractivity contribution >= 4 is 23.4 Å². The van der Waals surface area contributed by atoms with Gasteiger partial charge in [-0.2, -0.15) is 0 Å². The van der Waals surface area contributed by atoms with Crippen LogP contribution in [0.2, 0.25) is 0 Å². The molecule has 1 unspecified atom stereocenters. The smallest absolute Gasteiger partial charge is 0.262 e. The summed E-state index contributed by atoms with van der Waals surface area (Å²) in [5, 5.41) is 2.80. The van der Waals surface area contributed by atoms with Crippen LogP contribution in [0.1, 0.15) is 44.6 Å². The van der Waals surface area contributed by atoms with Crippen LogP contribution in [0.3, 0.4) is 0 Å². The van der Waals surface area contributed by atoms with E-state index >= 15 is 0 Å². The molecule has 2 aromatic rings. The Balaban J connectivity index is 1.85. The highest BCUT2D eigenvalue weighted by molar-refractivity contribution is 6.23. The van der Waals surface area contributed by atoms with Crippen molar-refractivity contribution in [3.05, 3.63) is 58.4 Å². The van der Waals surface area contributed by atoms with E-state index in [1.54, 1.807) is 31.2 Å². The van der Waals surface area contributed by atoms with Crippen LogP contribution in [0.15, 0.2) is 30.3 Å². The maximum absolute atomic E-state index is 12.6. The molecule has 0 saturated carbocycles. The molecule has 2 heterocycles. The number of nitrogens with zero attached hydrogens (tertiary/aromatic N) is 2. The number of hydrogen-bond acceptors (Lipinski definition) is 4. The Hall–Kier alpha value is -3.02. The SMILES string of the molecule is Cc1cc(C)c(NC(=O)C(C)N2C(=O)c3ccccc3C2=O)c(C)n1. The van der Waals surface area contributed by atoms with Crippen molar-refractivity contribution in [1.82, 2.24) is 9.88 Å². The Morgan fingerprint density at radius 2 is 1.64 bits per heavy atom. The summed E-state index contributed by atoms with van der Waals surface area (Å²) < 4.78 is 0. The number of fused-ring (bicyclic) bond motifs is 1. The molecule has 3 amide bonds. The molecule has 1 N–H and O–H groups in total. The second-order valence-corrected chi connectivity index (χ2v) is 6.23. The molecule has 0 saturated heterocycles. The van der Waals surface area contributed by atoms with E-state index in [1.165, 1.54) is 0 Å². The maximum Gasteiger partial charge on any atom is 0.262 e. The number of rotatable bonds is 3. The molecule has 6 heteroatoms. The van der Waals surface area contributed by atoms with Gasteiger partial charge in [0.1, 0.15) is 6.04 Å². The number of carbonyl (C=O) groups is 3. The monoisotopic (exact) mass is 337 g/mol. The fourth-order valence-electron chi connectivity index (χ4n) is 3.12. The van der Waals surface area contributed by atoms with Gasteiger partial charge in [0.05, 0.1) is 22.5 Å². The molecule has 0 radical (unpaired) electrons. The van der Waals surface area contributed by atoms with Crippen LogP contribution in [-0.2, 0) is 4.79 Å². The molecule has 25 heavy (non-hydrogen) atoms. The second-order valence-electron chi connectivity index (χ2n) is 6.23. The zero-order valence-corrected chi connectivity index (χ0v) is 14.6. The van der Waals surface area contributed by atoms with Crippen molar-refractivity contribution in [2.45, 2.75) is 33.7 Å². The first-order chi connectivity index (χ1) is 11.8. The quantitative estimate of drug-likeness (QED) is 0.873. The fourth-order valence-corrected chi connectivity index (χ4v) is 3.12. The summed E-state index contributed by atoms with van der Waals surface area (Å²) in [7, 11) is 0. The van der Waals surface area contributed by atoms with Crippen molar-refractivity contribution in [1.29, 1.82) is 0 Å². The van der Waals surface area contributed by atoms with Gasteiger partial charge in [0.15, 0.2) is 0 Å². The Bertz CT molecular complexity index is 847. The first-order valence-electron chi connectivity index (χ1n) is 8.04. The van der Waals surface area contributed by atoms with Crippen molar-refractivity contribution in [2.24, 2.45) is 0 Å². The van der Waals surface area contributed by atoms with Gasteiger partial charge in [0, 0.05) is 5.69 Å². The predicted molar refractivity (Wildman–Crippen MR) is 93.5 cm³/mol. The molecular formula is C19H19N3O3. The summed E-state index contributed by atoms with van der Waals surface area (Å²) in [5.74, 6) is -1.32. The average Bonchev–Trinajstić information content (AvgIpc) is 2.82. The van der Waals surface area contributed by atoms with Crippen LogP contribution in [-0.4, -0.2) is 33.6 Å². The molecule has 6 nitrogen and oxygen atoms in total. The molecule has 0 fully saturated rings. The molecule has 1 atom stereocenters. The highest BCUT2D eigenvalue weighted by atomic mass is 16.2. The number of amides is 3. The molecule has 0 spiro atoms. The van der Waals surface area contributed by atoms with E-state index in [-0.39, 0.29) is 0 Å². The number of anilines is 1. The van der Waals surface area contributed by atoms with Gasteiger partial charge in [-0.05, 0) is 51.5 Å². The Morgan fingerprint density at radius 3 is 2.16 bits per heavy atom. The minimum atomic E-state index is -0.924. The van der Waals surface area contributed by atoms with Crippen molar-refractivity contribution in [3.63, 3.8) is 0 Å². The summed E-state index contributed by atoms with van der Waals surface area (Å²) in [6, 6.07) is 7.53. The summed E-state index contributed by atoms with van der Waals surface area (Å²) in [6.45, 7) is 7.11. The van der Waals surface area contributed by atoms with Crippen molar-refractivity contribution in [2.75, 3.05) is 5.32 Å². The third kappa shape index (κ3) is 2.80.